The number of benzene rings is 3. The van der Waals surface area contributed by atoms with E-state index in [1.807, 2.05) is 31.2 Å². The van der Waals surface area contributed by atoms with E-state index in [1.165, 1.54) is 12.1 Å². The molecular weight excluding hydrogens is 497 g/mol. The second kappa shape index (κ2) is 9.23. The maximum absolute atomic E-state index is 12.8. The van der Waals surface area contributed by atoms with Crippen LogP contribution >= 0.6 is 15.9 Å². The monoisotopic (exact) mass is 514 g/mol. The Kier molecular flexibility index (Phi) is 6.37. The summed E-state index contributed by atoms with van der Waals surface area (Å²) in [4.78, 5) is 17.1. The molecule has 1 amide bonds. The second-order valence-electron chi connectivity index (χ2n) is 7.40. The van der Waals surface area contributed by atoms with Crippen molar-refractivity contribution in [3.63, 3.8) is 0 Å². The van der Waals surface area contributed by atoms with Crippen LogP contribution in [0.3, 0.4) is 0 Å². The molecule has 168 valence electrons. The molecule has 0 aliphatic heterocycles. The van der Waals surface area contributed by atoms with E-state index in [4.69, 9.17) is 4.74 Å². The van der Waals surface area contributed by atoms with Crippen LogP contribution in [0.1, 0.15) is 34.6 Å². The molecule has 0 spiro atoms. The summed E-state index contributed by atoms with van der Waals surface area (Å²) in [6.45, 7) is 1.85. The highest BCUT2D eigenvalue weighted by Gasteiger charge is 2.30. The standard InChI is InChI=1S/C25H18BrF3N2O2/c1-15(21-5-3-7-23(26)31-21)30-24(32)17-8-13-20-16(14-17)4-2-6-22(20)33-19-11-9-18(10-12-19)25(27,28)29/h2-15H,1H3,(H,30,32). The van der Waals surface area contributed by atoms with Crippen LogP contribution in [0.4, 0.5) is 13.2 Å². The fourth-order valence-electron chi connectivity index (χ4n) is 3.34. The van der Waals surface area contributed by atoms with Gasteiger partial charge in [0.15, 0.2) is 0 Å². The normalized spacial score (nSPS) is 12.4. The lowest BCUT2D eigenvalue weighted by Gasteiger charge is -2.15. The molecule has 0 aliphatic rings. The molecule has 3 aromatic carbocycles. The first-order chi connectivity index (χ1) is 15.7. The van der Waals surface area contributed by atoms with Crippen LogP contribution < -0.4 is 10.1 Å². The van der Waals surface area contributed by atoms with E-state index in [-0.39, 0.29) is 17.7 Å². The van der Waals surface area contributed by atoms with Gasteiger partial charge in [-0.05, 0) is 88.9 Å². The van der Waals surface area contributed by atoms with Crippen LogP contribution in [0.25, 0.3) is 10.8 Å². The Morgan fingerprint density at radius 1 is 1.00 bits per heavy atom. The number of fused-ring (bicyclic) bond motifs is 1. The molecular formula is C25H18BrF3N2O2. The number of carbonyl (C=O) groups excluding carboxylic acids is 1. The lowest BCUT2D eigenvalue weighted by molar-refractivity contribution is -0.137. The van der Waals surface area contributed by atoms with Crippen molar-refractivity contribution in [1.29, 1.82) is 0 Å². The number of halogens is 4. The predicted octanol–water partition coefficient (Wildman–Crippen LogP) is 7.30. The Hall–Kier alpha value is -3.39. The molecule has 0 bridgehead atoms. The van der Waals surface area contributed by atoms with Gasteiger partial charge in [0, 0.05) is 10.9 Å². The third-order valence-corrected chi connectivity index (χ3v) is 5.48. The minimum absolute atomic E-state index is 0.250. The van der Waals surface area contributed by atoms with E-state index in [1.54, 1.807) is 30.3 Å². The van der Waals surface area contributed by atoms with Crippen LogP contribution in [0, 0.1) is 0 Å². The molecule has 8 heteroatoms. The van der Waals surface area contributed by atoms with Crippen LogP contribution in [0.2, 0.25) is 0 Å². The predicted molar refractivity (Wildman–Crippen MR) is 123 cm³/mol. The first kappa shape index (κ1) is 22.8. The summed E-state index contributed by atoms with van der Waals surface area (Å²) in [5, 5.41) is 4.43. The minimum Gasteiger partial charge on any atom is -0.457 e. The van der Waals surface area contributed by atoms with Gasteiger partial charge >= 0.3 is 6.18 Å². The highest BCUT2D eigenvalue weighted by Crippen LogP contribution is 2.33. The number of hydrogen-bond donors (Lipinski definition) is 1. The van der Waals surface area contributed by atoms with Gasteiger partial charge in [0.05, 0.1) is 17.3 Å². The van der Waals surface area contributed by atoms with Gasteiger partial charge in [-0.15, -0.1) is 0 Å². The Morgan fingerprint density at radius 2 is 1.73 bits per heavy atom. The largest absolute Gasteiger partial charge is 0.457 e. The molecule has 1 N–H and O–H groups in total. The number of pyridine rings is 1. The molecule has 1 unspecified atom stereocenters. The number of nitrogens with zero attached hydrogens (tertiary/aromatic N) is 1. The summed E-state index contributed by atoms with van der Waals surface area (Å²) >= 11 is 3.33. The zero-order chi connectivity index (χ0) is 23.6. The number of rotatable bonds is 5. The molecule has 0 saturated carbocycles. The molecule has 1 heterocycles. The molecule has 1 atom stereocenters. The molecule has 33 heavy (non-hydrogen) atoms. The quantitative estimate of drug-likeness (QED) is 0.284. The Labute approximate surface area is 196 Å². The van der Waals surface area contributed by atoms with Crippen LogP contribution in [-0.2, 0) is 6.18 Å². The van der Waals surface area contributed by atoms with Gasteiger partial charge in [-0.1, -0.05) is 18.2 Å². The Balaban J connectivity index is 1.53. The van der Waals surface area contributed by atoms with E-state index in [9.17, 15) is 18.0 Å². The summed E-state index contributed by atoms with van der Waals surface area (Å²) in [5.74, 6) is 0.513. The molecule has 1 aromatic heterocycles. The zero-order valence-corrected chi connectivity index (χ0v) is 18.9. The molecule has 0 saturated heterocycles. The van der Waals surface area contributed by atoms with E-state index >= 15 is 0 Å². The average molecular weight is 515 g/mol. The van der Waals surface area contributed by atoms with Gasteiger partial charge in [0.1, 0.15) is 16.1 Å². The number of ether oxygens (including phenoxy) is 1. The van der Waals surface area contributed by atoms with Crippen molar-refractivity contribution in [2.24, 2.45) is 0 Å². The summed E-state index contributed by atoms with van der Waals surface area (Å²) in [6, 6.07) is 20.2. The lowest BCUT2D eigenvalue weighted by Crippen LogP contribution is -2.27. The van der Waals surface area contributed by atoms with Gasteiger partial charge in [0.2, 0.25) is 0 Å². The zero-order valence-electron chi connectivity index (χ0n) is 17.4. The summed E-state index contributed by atoms with van der Waals surface area (Å²) in [5.41, 5.74) is 0.456. The summed E-state index contributed by atoms with van der Waals surface area (Å²) in [7, 11) is 0. The van der Waals surface area contributed by atoms with E-state index in [0.717, 1.165) is 28.6 Å². The van der Waals surface area contributed by atoms with Crippen molar-refractivity contribution in [1.82, 2.24) is 10.3 Å². The highest BCUT2D eigenvalue weighted by atomic mass is 79.9. The van der Waals surface area contributed by atoms with Crippen molar-refractivity contribution in [2.45, 2.75) is 19.1 Å². The van der Waals surface area contributed by atoms with Gasteiger partial charge < -0.3 is 10.1 Å². The summed E-state index contributed by atoms with van der Waals surface area (Å²) < 4.78 is 44.8. The number of aromatic nitrogens is 1. The topological polar surface area (TPSA) is 51.2 Å². The molecule has 0 fully saturated rings. The van der Waals surface area contributed by atoms with Gasteiger partial charge in [0.25, 0.3) is 5.91 Å². The fourth-order valence-corrected chi connectivity index (χ4v) is 3.70. The molecule has 4 aromatic rings. The van der Waals surface area contributed by atoms with Crippen molar-refractivity contribution in [2.75, 3.05) is 0 Å². The van der Waals surface area contributed by atoms with E-state index in [0.29, 0.717) is 15.9 Å². The van der Waals surface area contributed by atoms with Crippen molar-refractivity contribution in [3.8, 4) is 11.5 Å². The van der Waals surface area contributed by atoms with Crippen LogP contribution in [-0.4, -0.2) is 10.9 Å². The highest BCUT2D eigenvalue weighted by molar-refractivity contribution is 9.10. The summed E-state index contributed by atoms with van der Waals surface area (Å²) in [6.07, 6.45) is -4.40. The van der Waals surface area contributed by atoms with Crippen molar-refractivity contribution in [3.05, 3.63) is 100 Å². The van der Waals surface area contributed by atoms with Gasteiger partial charge in [-0.3, -0.25) is 4.79 Å². The third-order valence-electron chi connectivity index (χ3n) is 5.04. The van der Waals surface area contributed by atoms with Crippen molar-refractivity contribution < 1.29 is 22.7 Å². The second-order valence-corrected chi connectivity index (χ2v) is 8.21. The third kappa shape index (κ3) is 5.34. The molecule has 0 aliphatic carbocycles. The number of alkyl halides is 3. The van der Waals surface area contributed by atoms with E-state index in [2.05, 4.69) is 26.2 Å². The molecule has 4 nitrogen and oxygen atoms in total. The Bertz CT molecular complexity index is 1310. The maximum atomic E-state index is 12.8. The molecule has 4 rings (SSSR count). The molecule has 0 radical (unpaired) electrons. The number of nitrogens with one attached hydrogen (secondary N) is 1. The SMILES string of the molecule is CC(NC(=O)c1ccc2c(Oc3ccc(C(F)(F)F)cc3)cccc2c1)c1cccc(Br)n1. The van der Waals surface area contributed by atoms with Gasteiger partial charge in [-0.25, -0.2) is 4.98 Å². The lowest BCUT2D eigenvalue weighted by atomic mass is 10.1. The number of amides is 1. The Morgan fingerprint density at radius 3 is 2.42 bits per heavy atom. The minimum atomic E-state index is -4.40. The number of hydrogen-bond acceptors (Lipinski definition) is 3. The first-order valence-electron chi connectivity index (χ1n) is 10.0. The van der Waals surface area contributed by atoms with Crippen LogP contribution in [0.5, 0.6) is 11.5 Å². The average Bonchev–Trinajstić information content (AvgIpc) is 2.78. The van der Waals surface area contributed by atoms with Crippen LogP contribution in [0.15, 0.2) is 83.5 Å². The maximum Gasteiger partial charge on any atom is 0.416 e. The smallest absolute Gasteiger partial charge is 0.416 e. The number of carbonyl (C=O) groups is 1. The fraction of sp³-hybridized carbons (Fsp3) is 0.120. The first-order valence-corrected chi connectivity index (χ1v) is 10.8. The van der Waals surface area contributed by atoms with Gasteiger partial charge in [-0.2, -0.15) is 13.2 Å². The van der Waals surface area contributed by atoms with E-state index < -0.39 is 11.7 Å². The van der Waals surface area contributed by atoms with Crippen molar-refractivity contribution >= 4 is 32.6 Å².